The number of amides is 1. The molecule has 0 spiro atoms. The quantitative estimate of drug-likeness (QED) is 0.610. The number of Topliss-reactive ketones (excluding diaryl/α,β-unsaturated/α-hetero) is 1. The fraction of sp³-hybridized carbons (Fsp3) is 0.333. The predicted octanol–water partition coefficient (Wildman–Crippen LogP) is 0.908. The fourth-order valence-corrected chi connectivity index (χ4v) is 3.71. The lowest BCUT2D eigenvalue weighted by Crippen LogP contribution is -2.50. The molecule has 0 bridgehead atoms. The summed E-state index contributed by atoms with van der Waals surface area (Å²) in [4.78, 5) is 24.5. The van der Waals surface area contributed by atoms with Gasteiger partial charge in [-0.3, -0.25) is 9.59 Å². The molecule has 1 aliphatic heterocycles. The van der Waals surface area contributed by atoms with Crippen molar-refractivity contribution in [3.63, 3.8) is 0 Å². The first-order valence-electron chi connectivity index (χ1n) is 6.89. The van der Waals surface area contributed by atoms with E-state index >= 15 is 0 Å². The van der Waals surface area contributed by atoms with Gasteiger partial charge in [0.2, 0.25) is 15.9 Å². The Kier molecular flexibility index (Phi) is 4.77. The summed E-state index contributed by atoms with van der Waals surface area (Å²) in [6, 6.07) is 5.89. The van der Waals surface area contributed by atoms with Crippen LogP contribution in [0.15, 0.2) is 41.8 Å². The van der Waals surface area contributed by atoms with Crippen molar-refractivity contribution in [1.82, 2.24) is 9.21 Å². The molecule has 2 rings (SSSR count). The number of hydrogen-bond acceptors (Lipinski definition) is 4. The molecule has 1 aromatic carbocycles. The number of ketones is 1. The summed E-state index contributed by atoms with van der Waals surface area (Å²) in [5.41, 5.74) is 0.473. The minimum Gasteiger partial charge on any atom is -0.337 e. The zero-order valence-electron chi connectivity index (χ0n) is 12.4. The molecule has 6 nitrogen and oxygen atoms in total. The molecule has 1 heterocycles. The standard InChI is InChI=1S/C15H18N2O4S/c1-3-15(19)16-8-10-17(11-9-16)22(20,21)14-6-4-13(5-7-14)12(2)18/h3-7H,1,8-11H2,2H3. The maximum Gasteiger partial charge on any atom is 0.246 e. The van der Waals surface area contributed by atoms with Crippen molar-refractivity contribution in [1.29, 1.82) is 0 Å². The molecule has 7 heteroatoms. The van der Waals surface area contributed by atoms with Crippen molar-refractivity contribution in [3.05, 3.63) is 42.5 Å². The number of benzene rings is 1. The lowest BCUT2D eigenvalue weighted by Gasteiger charge is -2.33. The molecule has 0 N–H and O–H groups in total. The van der Waals surface area contributed by atoms with E-state index < -0.39 is 10.0 Å². The average molecular weight is 322 g/mol. The molecule has 22 heavy (non-hydrogen) atoms. The Bertz CT molecular complexity index is 687. The number of rotatable bonds is 4. The van der Waals surface area contributed by atoms with Gasteiger partial charge >= 0.3 is 0 Å². The van der Waals surface area contributed by atoms with E-state index in [0.29, 0.717) is 18.7 Å². The molecule has 1 aliphatic rings. The lowest BCUT2D eigenvalue weighted by molar-refractivity contribution is -0.127. The van der Waals surface area contributed by atoms with Crippen LogP contribution in [0.2, 0.25) is 0 Å². The van der Waals surface area contributed by atoms with Crippen molar-refractivity contribution in [2.24, 2.45) is 0 Å². The van der Waals surface area contributed by atoms with Crippen LogP contribution in [-0.4, -0.2) is 55.5 Å². The van der Waals surface area contributed by atoms with Crippen LogP contribution in [0, 0.1) is 0 Å². The minimum absolute atomic E-state index is 0.111. The Morgan fingerprint density at radius 1 is 1.09 bits per heavy atom. The van der Waals surface area contributed by atoms with E-state index in [0.717, 1.165) is 0 Å². The summed E-state index contributed by atoms with van der Waals surface area (Å²) in [6.07, 6.45) is 1.23. The topological polar surface area (TPSA) is 74.8 Å². The summed E-state index contributed by atoms with van der Waals surface area (Å²) in [5.74, 6) is -0.302. The van der Waals surface area contributed by atoms with E-state index in [1.807, 2.05) is 0 Å². The SMILES string of the molecule is C=CC(=O)N1CCN(S(=O)(=O)c2ccc(C(C)=O)cc2)CC1. The van der Waals surface area contributed by atoms with Crippen molar-refractivity contribution < 1.29 is 18.0 Å². The van der Waals surface area contributed by atoms with E-state index in [1.54, 1.807) is 4.90 Å². The minimum atomic E-state index is -3.60. The second kappa shape index (κ2) is 6.41. The number of sulfonamides is 1. The van der Waals surface area contributed by atoms with E-state index in [4.69, 9.17) is 0 Å². The van der Waals surface area contributed by atoms with Crippen molar-refractivity contribution >= 4 is 21.7 Å². The first-order chi connectivity index (χ1) is 10.4. The van der Waals surface area contributed by atoms with E-state index in [2.05, 4.69) is 6.58 Å². The molecule has 0 atom stereocenters. The molecule has 1 amide bonds. The second-order valence-corrected chi connectivity index (χ2v) is 6.95. The first-order valence-corrected chi connectivity index (χ1v) is 8.33. The number of hydrogen-bond donors (Lipinski definition) is 0. The van der Waals surface area contributed by atoms with E-state index in [1.165, 1.54) is 41.6 Å². The third-order valence-corrected chi connectivity index (χ3v) is 5.54. The fourth-order valence-electron chi connectivity index (χ4n) is 2.29. The number of piperazine rings is 1. The molecule has 0 radical (unpaired) electrons. The number of carbonyl (C=O) groups is 2. The highest BCUT2D eigenvalue weighted by Gasteiger charge is 2.29. The van der Waals surface area contributed by atoms with Crippen LogP contribution >= 0.6 is 0 Å². The monoisotopic (exact) mass is 322 g/mol. The van der Waals surface area contributed by atoms with Crippen LogP contribution in [0.4, 0.5) is 0 Å². The summed E-state index contributed by atoms with van der Waals surface area (Å²) < 4.78 is 26.4. The van der Waals surface area contributed by atoms with Crippen molar-refractivity contribution in [2.45, 2.75) is 11.8 Å². The van der Waals surface area contributed by atoms with Crippen LogP contribution in [0.1, 0.15) is 17.3 Å². The van der Waals surface area contributed by atoms with Crippen molar-refractivity contribution in [3.8, 4) is 0 Å². The molecule has 1 saturated heterocycles. The molecule has 0 unspecified atom stereocenters. The van der Waals surface area contributed by atoms with E-state index in [-0.39, 0.29) is 29.7 Å². The van der Waals surface area contributed by atoms with Gasteiger partial charge in [-0.2, -0.15) is 4.31 Å². The van der Waals surface area contributed by atoms with Gasteiger partial charge in [0.25, 0.3) is 0 Å². The van der Waals surface area contributed by atoms with Gasteiger partial charge in [0, 0.05) is 31.7 Å². The summed E-state index contributed by atoms with van der Waals surface area (Å²) in [6.45, 7) is 6.03. The van der Waals surface area contributed by atoms with E-state index in [9.17, 15) is 18.0 Å². The van der Waals surface area contributed by atoms with Gasteiger partial charge < -0.3 is 4.90 Å². The van der Waals surface area contributed by atoms with Gasteiger partial charge in [-0.15, -0.1) is 0 Å². The smallest absolute Gasteiger partial charge is 0.246 e. The van der Waals surface area contributed by atoms with Crippen LogP contribution in [0.5, 0.6) is 0 Å². The third-order valence-electron chi connectivity index (χ3n) is 3.62. The Morgan fingerprint density at radius 3 is 2.09 bits per heavy atom. The summed E-state index contributed by atoms with van der Waals surface area (Å²) in [5, 5.41) is 0. The maximum absolute atomic E-state index is 12.5. The summed E-state index contributed by atoms with van der Waals surface area (Å²) in [7, 11) is -3.60. The van der Waals surface area contributed by atoms with Gasteiger partial charge in [0.15, 0.2) is 5.78 Å². The van der Waals surface area contributed by atoms with Gasteiger partial charge in [-0.25, -0.2) is 8.42 Å². The van der Waals surface area contributed by atoms with Crippen LogP contribution < -0.4 is 0 Å². The molecule has 1 aromatic rings. The largest absolute Gasteiger partial charge is 0.337 e. The molecule has 0 aromatic heterocycles. The van der Waals surface area contributed by atoms with Gasteiger partial charge in [0.1, 0.15) is 0 Å². The highest BCUT2D eigenvalue weighted by Crippen LogP contribution is 2.18. The Morgan fingerprint density at radius 2 is 1.64 bits per heavy atom. The number of carbonyl (C=O) groups excluding carboxylic acids is 2. The van der Waals surface area contributed by atoms with Crippen LogP contribution in [0.25, 0.3) is 0 Å². The Balaban J connectivity index is 2.13. The predicted molar refractivity (Wildman–Crippen MR) is 82.0 cm³/mol. The lowest BCUT2D eigenvalue weighted by atomic mass is 10.2. The van der Waals surface area contributed by atoms with Crippen LogP contribution in [-0.2, 0) is 14.8 Å². The molecule has 0 saturated carbocycles. The maximum atomic E-state index is 12.5. The Hall–Kier alpha value is -1.99. The first kappa shape index (κ1) is 16.4. The molecular formula is C15H18N2O4S. The zero-order valence-corrected chi connectivity index (χ0v) is 13.2. The average Bonchev–Trinajstić information content (AvgIpc) is 2.54. The normalized spacial score (nSPS) is 16.3. The highest BCUT2D eigenvalue weighted by atomic mass is 32.2. The second-order valence-electron chi connectivity index (χ2n) is 5.01. The summed E-state index contributed by atoms with van der Waals surface area (Å²) >= 11 is 0. The van der Waals surface area contributed by atoms with Gasteiger partial charge in [-0.05, 0) is 25.1 Å². The zero-order chi connectivity index (χ0) is 16.3. The molecule has 0 aliphatic carbocycles. The molecular weight excluding hydrogens is 304 g/mol. The van der Waals surface area contributed by atoms with Crippen molar-refractivity contribution in [2.75, 3.05) is 26.2 Å². The number of nitrogens with zero attached hydrogens (tertiary/aromatic N) is 2. The van der Waals surface area contributed by atoms with Gasteiger partial charge in [-0.1, -0.05) is 18.7 Å². The molecule has 1 fully saturated rings. The molecule has 118 valence electrons. The third kappa shape index (κ3) is 3.26. The van der Waals surface area contributed by atoms with Crippen LogP contribution in [0.3, 0.4) is 0 Å². The van der Waals surface area contributed by atoms with Gasteiger partial charge in [0.05, 0.1) is 4.90 Å². The Labute approximate surface area is 130 Å². The highest BCUT2D eigenvalue weighted by molar-refractivity contribution is 7.89.